The highest BCUT2D eigenvalue weighted by molar-refractivity contribution is 6.92. The van der Waals surface area contributed by atoms with Gasteiger partial charge in [0.25, 0.3) is 0 Å². The third-order valence-corrected chi connectivity index (χ3v) is 1.86. The van der Waals surface area contributed by atoms with E-state index in [1.165, 1.54) is 0 Å². The highest BCUT2D eigenvalue weighted by atomic mass is 31.0. The molecule has 0 aromatic heterocycles. The van der Waals surface area contributed by atoms with E-state index in [9.17, 15) is 4.79 Å². The number of Topliss-reactive ketones (excluding diaryl/α,β-unsaturated/α-hetero) is 1. The van der Waals surface area contributed by atoms with Gasteiger partial charge >= 0.3 is 0 Å². The van der Waals surface area contributed by atoms with Crippen molar-refractivity contribution in [1.82, 2.24) is 0 Å². The van der Waals surface area contributed by atoms with Crippen LogP contribution in [0.2, 0.25) is 0 Å². The Bertz CT molecular complexity index is 328. The lowest BCUT2D eigenvalue weighted by molar-refractivity contribution is 0.0994. The molecule has 2 heteroatoms. The first-order chi connectivity index (χ1) is 5.38. The molecule has 0 saturated carbocycles. The van der Waals surface area contributed by atoms with E-state index in [4.69, 9.17) is 0 Å². The van der Waals surface area contributed by atoms with Gasteiger partial charge in [0.15, 0.2) is 5.78 Å². The van der Waals surface area contributed by atoms with Crippen molar-refractivity contribution in [3.05, 3.63) is 41.5 Å². The van der Waals surface area contributed by atoms with E-state index in [1.54, 1.807) is 0 Å². The summed E-state index contributed by atoms with van der Waals surface area (Å²) >= 11 is 0. The van der Waals surface area contributed by atoms with Gasteiger partial charge in [-0.1, -0.05) is 36.4 Å². The normalized spacial score (nSPS) is 13.5. The molecule has 0 N–H and O–H groups in total. The fourth-order valence-corrected chi connectivity index (χ4v) is 1.30. The molecule has 1 aliphatic carbocycles. The SMILES string of the molecule is O=C1CC=Cc2ccccc21.[P]. The van der Waals surface area contributed by atoms with Gasteiger partial charge in [0.05, 0.1) is 0 Å². The fraction of sp³-hybridized carbons (Fsp3) is 0.100. The number of allylic oxidation sites excluding steroid dienone is 1. The Labute approximate surface area is 75.1 Å². The summed E-state index contributed by atoms with van der Waals surface area (Å²) in [5, 5.41) is 0. The summed E-state index contributed by atoms with van der Waals surface area (Å²) in [6.45, 7) is 0. The van der Waals surface area contributed by atoms with Crippen molar-refractivity contribution in [1.29, 1.82) is 0 Å². The lowest BCUT2D eigenvalue weighted by atomic mass is 9.97. The molecule has 1 aliphatic rings. The highest BCUT2D eigenvalue weighted by Crippen LogP contribution is 2.17. The van der Waals surface area contributed by atoms with Crippen LogP contribution in [0.4, 0.5) is 0 Å². The molecule has 0 spiro atoms. The van der Waals surface area contributed by atoms with Crippen molar-refractivity contribution >= 4 is 21.8 Å². The molecular formula is C10H8OP. The summed E-state index contributed by atoms with van der Waals surface area (Å²) in [7, 11) is 0. The number of hydrogen-bond donors (Lipinski definition) is 0. The van der Waals surface area contributed by atoms with Crippen molar-refractivity contribution < 1.29 is 4.79 Å². The second-order valence-corrected chi connectivity index (χ2v) is 2.62. The molecule has 0 amide bonds. The molecule has 0 fully saturated rings. The molecule has 59 valence electrons. The number of carbonyl (C=O) groups excluding carboxylic acids is 1. The number of benzene rings is 1. The number of fused-ring (bicyclic) bond motifs is 1. The van der Waals surface area contributed by atoms with Crippen LogP contribution in [-0.2, 0) is 0 Å². The van der Waals surface area contributed by atoms with E-state index in [-0.39, 0.29) is 15.7 Å². The smallest absolute Gasteiger partial charge is 0.167 e. The summed E-state index contributed by atoms with van der Waals surface area (Å²) in [6, 6.07) is 7.68. The van der Waals surface area contributed by atoms with Gasteiger partial charge in [-0.15, -0.1) is 0 Å². The predicted molar refractivity (Wildman–Crippen MR) is 51.3 cm³/mol. The Kier molecular flexibility index (Phi) is 2.78. The molecule has 0 atom stereocenters. The molecular weight excluding hydrogens is 167 g/mol. The molecule has 0 saturated heterocycles. The van der Waals surface area contributed by atoms with Crippen molar-refractivity contribution in [2.24, 2.45) is 0 Å². The van der Waals surface area contributed by atoms with E-state index in [0.717, 1.165) is 11.1 Å². The average Bonchev–Trinajstić information content (AvgIpc) is 2.06. The van der Waals surface area contributed by atoms with Crippen molar-refractivity contribution in [2.45, 2.75) is 6.42 Å². The van der Waals surface area contributed by atoms with Gasteiger partial charge in [0.2, 0.25) is 0 Å². The minimum atomic E-state index is 0. The van der Waals surface area contributed by atoms with E-state index >= 15 is 0 Å². The fourth-order valence-electron chi connectivity index (χ4n) is 1.30. The number of hydrogen-bond acceptors (Lipinski definition) is 1. The molecule has 0 bridgehead atoms. The minimum Gasteiger partial charge on any atom is -0.294 e. The zero-order chi connectivity index (χ0) is 7.68. The Morgan fingerprint density at radius 3 is 2.67 bits per heavy atom. The largest absolute Gasteiger partial charge is 0.294 e. The lowest BCUT2D eigenvalue weighted by Gasteiger charge is -2.07. The predicted octanol–water partition coefficient (Wildman–Crippen LogP) is 3.15. The Morgan fingerprint density at radius 1 is 1.17 bits per heavy atom. The highest BCUT2D eigenvalue weighted by Gasteiger charge is 2.10. The van der Waals surface area contributed by atoms with E-state index in [2.05, 4.69) is 0 Å². The number of carbonyl (C=O) groups is 1. The maximum atomic E-state index is 11.2. The molecule has 3 radical (unpaired) electrons. The van der Waals surface area contributed by atoms with Crippen LogP contribution in [0.1, 0.15) is 22.3 Å². The van der Waals surface area contributed by atoms with Crippen LogP contribution in [0.25, 0.3) is 6.08 Å². The molecule has 1 aromatic carbocycles. The third kappa shape index (κ3) is 1.46. The topological polar surface area (TPSA) is 17.1 Å². The first kappa shape index (κ1) is 9.15. The van der Waals surface area contributed by atoms with Crippen molar-refractivity contribution in [2.75, 3.05) is 0 Å². The second kappa shape index (κ2) is 3.64. The number of rotatable bonds is 0. The summed E-state index contributed by atoms with van der Waals surface area (Å²) in [6.07, 6.45) is 4.46. The average molecular weight is 175 g/mol. The molecule has 0 aliphatic heterocycles. The first-order valence-corrected chi connectivity index (χ1v) is 3.67. The molecule has 12 heavy (non-hydrogen) atoms. The van der Waals surface area contributed by atoms with Gasteiger partial charge in [0, 0.05) is 21.9 Å². The monoisotopic (exact) mass is 175 g/mol. The second-order valence-electron chi connectivity index (χ2n) is 2.62. The Balaban J connectivity index is 0.000000720. The van der Waals surface area contributed by atoms with Gasteiger partial charge in [0.1, 0.15) is 0 Å². The van der Waals surface area contributed by atoms with Gasteiger partial charge in [-0.25, -0.2) is 0 Å². The van der Waals surface area contributed by atoms with Crippen LogP contribution in [-0.4, -0.2) is 5.78 Å². The van der Waals surface area contributed by atoms with Crippen molar-refractivity contribution in [3.63, 3.8) is 0 Å². The molecule has 1 aromatic rings. The van der Waals surface area contributed by atoms with E-state index in [0.29, 0.717) is 6.42 Å². The van der Waals surface area contributed by atoms with E-state index in [1.807, 2.05) is 36.4 Å². The quantitative estimate of drug-likeness (QED) is 0.553. The summed E-state index contributed by atoms with van der Waals surface area (Å²) in [5.41, 5.74) is 1.90. The standard InChI is InChI=1S/C10H8O.P/c11-10-7-3-5-8-4-1-2-6-9(8)10;/h1-6H,7H2;. The van der Waals surface area contributed by atoms with Crippen LogP contribution in [0.3, 0.4) is 0 Å². The third-order valence-electron chi connectivity index (χ3n) is 1.86. The number of ketones is 1. The van der Waals surface area contributed by atoms with E-state index < -0.39 is 0 Å². The van der Waals surface area contributed by atoms with Crippen LogP contribution >= 0.6 is 9.90 Å². The van der Waals surface area contributed by atoms with Gasteiger partial charge in [-0.05, 0) is 5.56 Å². The molecule has 1 nitrogen and oxygen atoms in total. The Morgan fingerprint density at radius 2 is 1.92 bits per heavy atom. The summed E-state index contributed by atoms with van der Waals surface area (Å²) in [5.74, 6) is 0.225. The van der Waals surface area contributed by atoms with Crippen LogP contribution in [0, 0.1) is 0 Å². The maximum Gasteiger partial charge on any atom is 0.167 e. The van der Waals surface area contributed by atoms with Crippen molar-refractivity contribution in [3.8, 4) is 0 Å². The lowest BCUT2D eigenvalue weighted by Crippen LogP contribution is -2.02. The molecule has 0 heterocycles. The minimum absolute atomic E-state index is 0. The van der Waals surface area contributed by atoms with Crippen LogP contribution < -0.4 is 0 Å². The summed E-state index contributed by atoms with van der Waals surface area (Å²) in [4.78, 5) is 11.2. The maximum absolute atomic E-state index is 11.2. The molecule has 0 unspecified atom stereocenters. The Hall–Kier alpha value is -0.940. The van der Waals surface area contributed by atoms with Crippen LogP contribution in [0.5, 0.6) is 0 Å². The van der Waals surface area contributed by atoms with Gasteiger partial charge in [-0.2, -0.15) is 0 Å². The summed E-state index contributed by atoms with van der Waals surface area (Å²) < 4.78 is 0. The zero-order valence-corrected chi connectivity index (χ0v) is 7.42. The zero-order valence-electron chi connectivity index (χ0n) is 6.53. The van der Waals surface area contributed by atoms with Crippen LogP contribution in [0.15, 0.2) is 30.3 Å². The van der Waals surface area contributed by atoms with Gasteiger partial charge < -0.3 is 0 Å². The molecule has 2 rings (SSSR count). The first-order valence-electron chi connectivity index (χ1n) is 3.67. The van der Waals surface area contributed by atoms with Gasteiger partial charge in [-0.3, -0.25) is 4.79 Å².